The molecule has 0 unspecified atom stereocenters. The van der Waals surface area contributed by atoms with Crippen LogP contribution in [-0.4, -0.2) is 32.6 Å². The molecular formula is C28H27N5OS. The zero-order valence-electron chi connectivity index (χ0n) is 20.0. The number of carbonyl (C=O) groups excluding carboxylic acids is 1. The van der Waals surface area contributed by atoms with Crippen LogP contribution >= 0.6 is 11.8 Å². The number of aryl methyl sites for hydroxylation is 2. The lowest BCUT2D eigenvalue weighted by Gasteiger charge is -2.11. The summed E-state index contributed by atoms with van der Waals surface area (Å²) in [5.74, 6) is 0.682. The molecule has 35 heavy (non-hydrogen) atoms. The van der Waals surface area contributed by atoms with Crippen molar-refractivity contribution in [3.05, 3.63) is 101 Å². The maximum atomic E-state index is 12.4. The highest BCUT2D eigenvalue weighted by molar-refractivity contribution is 7.99. The Bertz CT molecular complexity index is 1340. The number of hydrogen-bond acceptors (Lipinski definition) is 5. The van der Waals surface area contributed by atoms with Gasteiger partial charge in [-0.2, -0.15) is 5.10 Å². The zero-order valence-corrected chi connectivity index (χ0v) is 20.8. The van der Waals surface area contributed by atoms with E-state index in [1.54, 1.807) is 6.21 Å². The Morgan fingerprint density at radius 2 is 1.60 bits per heavy atom. The maximum Gasteiger partial charge on any atom is 0.250 e. The molecular weight excluding hydrogens is 454 g/mol. The highest BCUT2D eigenvalue weighted by atomic mass is 32.2. The summed E-state index contributed by atoms with van der Waals surface area (Å²) in [4.78, 5) is 12.4. The molecule has 3 aromatic carbocycles. The summed E-state index contributed by atoms with van der Waals surface area (Å²) in [6, 6.07) is 26.3. The molecule has 1 heterocycles. The average Bonchev–Trinajstić information content (AvgIpc) is 3.28. The standard InChI is InChI=1S/C28H27N5OS/c1-20-9-13-24(14-10-20)27-31-32-28(33(27)25-15-11-21(2)12-16-25)35-19-26(34)30-29-18-22(3)17-23-7-5-4-6-8-23/h4-18H,19H2,1-3H3,(H,30,34)/b22-17-,29-18+. The normalized spacial score (nSPS) is 11.7. The van der Waals surface area contributed by atoms with Crippen LogP contribution in [0.1, 0.15) is 23.6 Å². The number of allylic oxidation sites excluding steroid dienone is 1. The van der Waals surface area contributed by atoms with Gasteiger partial charge in [0.25, 0.3) is 5.91 Å². The molecule has 0 aliphatic heterocycles. The van der Waals surface area contributed by atoms with E-state index in [4.69, 9.17) is 0 Å². The molecule has 0 saturated carbocycles. The molecule has 0 radical (unpaired) electrons. The molecule has 1 N–H and O–H groups in total. The van der Waals surface area contributed by atoms with Gasteiger partial charge >= 0.3 is 0 Å². The van der Waals surface area contributed by atoms with Gasteiger partial charge in [-0.3, -0.25) is 9.36 Å². The third-order valence-corrected chi connectivity index (χ3v) is 6.15. The van der Waals surface area contributed by atoms with Gasteiger partial charge in [0, 0.05) is 11.3 Å². The quantitative estimate of drug-likeness (QED) is 0.195. The van der Waals surface area contributed by atoms with E-state index in [0.29, 0.717) is 5.16 Å². The largest absolute Gasteiger partial charge is 0.272 e. The number of aromatic nitrogens is 3. The first-order chi connectivity index (χ1) is 17.0. The molecule has 0 aliphatic carbocycles. The van der Waals surface area contributed by atoms with E-state index in [2.05, 4.69) is 51.9 Å². The molecule has 0 bridgehead atoms. The highest BCUT2D eigenvalue weighted by Crippen LogP contribution is 2.28. The summed E-state index contributed by atoms with van der Waals surface area (Å²) in [7, 11) is 0. The van der Waals surface area contributed by atoms with Crippen molar-refractivity contribution < 1.29 is 4.79 Å². The van der Waals surface area contributed by atoms with Crippen molar-refractivity contribution in [2.24, 2.45) is 5.10 Å². The number of nitrogens with one attached hydrogen (secondary N) is 1. The lowest BCUT2D eigenvalue weighted by molar-refractivity contribution is -0.118. The Morgan fingerprint density at radius 1 is 0.943 bits per heavy atom. The van der Waals surface area contributed by atoms with Crippen LogP contribution in [0.5, 0.6) is 0 Å². The SMILES string of the molecule is CC(=C/c1ccccc1)/C=N/NC(=O)CSc1nnc(-c2ccc(C)cc2)n1-c1ccc(C)cc1. The minimum Gasteiger partial charge on any atom is -0.272 e. The predicted octanol–water partition coefficient (Wildman–Crippen LogP) is 5.85. The van der Waals surface area contributed by atoms with Gasteiger partial charge in [-0.25, -0.2) is 5.43 Å². The van der Waals surface area contributed by atoms with Gasteiger partial charge in [0.05, 0.1) is 12.0 Å². The van der Waals surface area contributed by atoms with E-state index in [-0.39, 0.29) is 11.7 Å². The maximum absolute atomic E-state index is 12.4. The number of carbonyl (C=O) groups is 1. The first-order valence-electron chi connectivity index (χ1n) is 11.3. The van der Waals surface area contributed by atoms with Crippen LogP contribution in [0.15, 0.2) is 94.7 Å². The van der Waals surface area contributed by atoms with Gasteiger partial charge in [-0.1, -0.05) is 95.7 Å². The Kier molecular flexibility index (Phi) is 7.90. The van der Waals surface area contributed by atoms with Crippen LogP contribution in [0.25, 0.3) is 23.2 Å². The Morgan fingerprint density at radius 3 is 2.29 bits per heavy atom. The van der Waals surface area contributed by atoms with Gasteiger partial charge in [-0.05, 0) is 44.0 Å². The highest BCUT2D eigenvalue weighted by Gasteiger charge is 2.17. The van der Waals surface area contributed by atoms with E-state index in [1.807, 2.05) is 79.1 Å². The molecule has 6 nitrogen and oxygen atoms in total. The number of thioether (sulfide) groups is 1. The number of hydrogen-bond donors (Lipinski definition) is 1. The molecule has 4 aromatic rings. The second kappa shape index (κ2) is 11.4. The van der Waals surface area contributed by atoms with Crippen LogP contribution in [0, 0.1) is 13.8 Å². The van der Waals surface area contributed by atoms with Crippen LogP contribution in [-0.2, 0) is 4.79 Å². The fraction of sp³-hybridized carbons (Fsp3) is 0.143. The molecule has 4 rings (SSSR count). The molecule has 7 heteroatoms. The Balaban J connectivity index is 1.47. The number of amides is 1. The first kappa shape index (κ1) is 24.2. The monoisotopic (exact) mass is 481 g/mol. The van der Waals surface area contributed by atoms with E-state index >= 15 is 0 Å². The Hall–Kier alpha value is -3.97. The second-order valence-corrected chi connectivity index (χ2v) is 9.17. The molecule has 0 saturated heterocycles. The molecule has 1 amide bonds. The van der Waals surface area contributed by atoms with Crippen molar-refractivity contribution in [2.45, 2.75) is 25.9 Å². The van der Waals surface area contributed by atoms with Crippen molar-refractivity contribution in [1.29, 1.82) is 0 Å². The van der Waals surface area contributed by atoms with Gasteiger partial charge in [-0.15, -0.1) is 10.2 Å². The third kappa shape index (κ3) is 6.55. The van der Waals surface area contributed by atoms with Gasteiger partial charge in [0.1, 0.15) is 0 Å². The third-order valence-electron chi connectivity index (χ3n) is 5.22. The molecule has 0 spiro atoms. The zero-order chi connectivity index (χ0) is 24.6. The fourth-order valence-corrected chi connectivity index (χ4v) is 4.14. The predicted molar refractivity (Wildman–Crippen MR) is 144 cm³/mol. The van der Waals surface area contributed by atoms with E-state index in [1.165, 1.54) is 22.9 Å². The fourth-order valence-electron chi connectivity index (χ4n) is 3.40. The van der Waals surface area contributed by atoms with Crippen molar-refractivity contribution in [3.8, 4) is 17.1 Å². The van der Waals surface area contributed by atoms with Crippen molar-refractivity contribution in [3.63, 3.8) is 0 Å². The van der Waals surface area contributed by atoms with Gasteiger partial charge in [0.15, 0.2) is 11.0 Å². The number of nitrogens with zero attached hydrogens (tertiary/aromatic N) is 4. The average molecular weight is 482 g/mol. The first-order valence-corrected chi connectivity index (χ1v) is 12.3. The minimum atomic E-state index is -0.214. The summed E-state index contributed by atoms with van der Waals surface area (Å²) in [5, 5.41) is 13.6. The Labute approximate surface area is 209 Å². The second-order valence-electron chi connectivity index (χ2n) is 8.22. The molecule has 1 aromatic heterocycles. The molecule has 0 aliphatic rings. The number of rotatable bonds is 8. The number of hydrazone groups is 1. The molecule has 0 atom stereocenters. The summed E-state index contributed by atoms with van der Waals surface area (Å²) < 4.78 is 1.98. The van der Waals surface area contributed by atoms with Crippen LogP contribution in [0.4, 0.5) is 0 Å². The van der Waals surface area contributed by atoms with E-state index in [9.17, 15) is 4.79 Å². The summed E-state index contributed by atoms with van der Waals surface area (Å²) in [6.07, 6.45) is 3.64. The topological polar surface area (TPSA) is 72.2 Å². The van der Waals surface area contributed by atoms with Crippen molar-refractivity contribution in [1.82, 2.24) is 20.2 Å². The van der Waals surface area contributed by atoms with E-state index < -0.39 is 0 Å². The summed E-state index contributed by atoms with van der Waals surface area (Å²) >= 11 is 1.32. The number of benzene rings is 3. The summed E-state index contributed by atoms with van der Waals surface area (Å²) in [6.45, 7) is 6.04. The summed E-state index contributed by atoms with van der Waals surface area (Å²) in [5.41, 5.74) is 8.86. The van der Waals surface area contributed by atoms with Crippen LogP contribution in [0.2, 0.25) is 0 Å². The van der Waals surface area contributed by atoms with Crippen LogP contribution in [0.3, 0.4) is 0 Å². The van der Waals surface area contributed by atoms with Gasteiger partial charge < -0.3 is 0 Å². The molecule has 176 valence electrons. The van der Waals surface area contributed by atoms with Crippen molar-refractivity contribution in [2.75, 3.05) is 5.75 Å². The lowest BCUT2D eigenvalue weighted by Crippen LogP contribution is -2.20. The lowest BCUT2D eigenvalue weighted by atomic mass is 10.1. The molecule has 0 fully saturated rings. The minimum absolute atomic E-state index is 0.163. The van der Waals surface area contributed by atoms with Gasteiger partial charge in [0.2, 0.25) is 0 Å². The van der Waals surface area contributed by atoms with E-state index in [0.717, 1.165) is 28.2 Å². The smallest absolute Gasteiger partial charge is 0.250 e. The van der Waals surface area contributed by atoms with Crippen molar-refractivity contribution >= 4 is 30.0 Å². The van der Waals surface area contributed by atoms with Crippen LogP contribution < -0.4 is 5.43 Å².